The maximum absolute atomic E-state index is 8.53. The van der Waals surface area contributed by atoms with Gasteiger partial charge in [-0.3, -0.25) is 0 Å². The summed E-state index contributed by atoms with van der Waals surface area (Å²) in [5, 5.41) is 11.9. The highest BCUT2D eigenvalue weighted by Crippen LogP contribution is 2.15. The largest absolute Gasteiger partial charge is 0.396 e. The molecule has 0 aromatic carbocycles. The van der Waals surface area contributed by atoms with Crippen LogP contribution in [0, 0.1) is 5.92 Å². The second kappa shape index (κ2) is 5.86. The van der Waals surface area contributed by atoms with E-state index in [2.05, 4.69) is 5.32 Å². The molecule has 3 heteroatoms. The van der Waals surface area contributed by atoms with E-state index in [4.69, 9.17) is 5.11 Å². The van der Waals surface area contributed by atoms with Gasteiger partial charge in [0.05, 0.1) is 6.61 Å². The zero-order valence-electron chi connectivity index (χ0n) is 6.88. The number of thioether (sulfide) groups is 1. The van der Waals surface area contributed by atoms with Gasteiger partial charge in [-0.25, -0.2) is 0 Å². The van der Waals surface area contributed by atoms with Crippen molar-refractivity contribution in [1.82, 2.24) is 5.32 Å². The van der Waals surface area contributed by atoms with Crippen molar-refractivity contribution in [1.29, 1.82) is 0 Å². The van der Waals surface area contributed by atoms with Crippen LogP contribution in [0.25, 0.3) is 0 Å². The summed E-state index contributed by atoms with van der Waals surface area (Å²) in [6, 6.07) is 0. The lowest BCUT2D eigenvalue weighted by atomic mass is 10.1. The minimum Gasteiger partial charge on any atom is -0.396 e. The van der Waals surface area contributed by atoms with E-state index in [0.717, 1.165) is 11.7 Å². The standard InChI is InChI=1S/C8H17NOS/c10-4-6-11-5-2-8-1-3-9-7-8/h8-10H,1-7H2. The molecule has 0 amide bonds. The van der Waals surface area contributed by atoms with E-state index in [-0.39, 0.29) is 0 Å². The molecule has 2 nitrogen and oxygen atoms in total. The molecule has 0 radical (unpaired) electrons. The molecule has 1 rings (SSSR count). The van der Waals surface area contributed by atoms with Crippen LogP contribution in [0.2, 0.25) is 0 Å². The summed E-state index contributed by atoms with van der Waals surface area (Å²) in [4.78, 5) is 0. The summed E-state index contributed by atoms with van der Waals surface area (Å²) in [6.07, 6.45) is 2.66. The fourth-order valence-electron chi connectivity index (χ4n) is 1.38. The number of rotatable bonds is 5. The van der Waals surface area contributed by atoms with Gasteiger partial charge in [0.2, 0.25) is 0 Å². The molecule has 1 aliphatic heterocycles. The maximum Gasteiger partial charge on any atom is 0.0521 e. The van der Waals surface area contributed by atoms with Crippen molar-refractivity contribution in [3.63, 3.8) is 0 Å². The lowest BCUT2D eigenvalue weighted by molar-refractivity contribution is 0.322. The summed E-state index contributed by atoms with van der Waals surface area (Å²) >= 11 is 1.86. The summed E-state index contributed by atoms with van der Waals surface area (Å²) in [5.41, 5.74) is 0. The third kappa shape index (κ3) is 3.99. The molecule has 1 unspecified atom stereocenters. The van der Waals surface area contributed by atoms with Crippen LogP contribution in [-0.2, 0) is 0 Å². The van der Waals surface area contributed by atoms with Crippen molar-refractivity contribution in [2.45, 2.75) is 12.8 Å². The maximum atomic E-state index is 8.53. The molecule has 1 atom stereocenters. The van der Waals surface area contributed by atoms with Gasteiger partial charge in [0, 0.05) is 5.75 Å². The SMILES string of the molecule is OCCSCCC1CCNC1. The summed E-state index contributed by atoms with van der Waals surface area (Å²) in [5.74, 6) is 3.02. The Morgan fingerprint density at radius 1 is 1.45 bits per heavy atom. The Hall–Kier alpha value is 0.270. The highest BCUT2D eigenvalue weighted by molar-refractivity contribution is 7.99. The van der Waals surface area contributed by atoms with E-state index < -0.39 is 0 Å². The normalized spacial score (nSPS) is 24.3. The molecule has 1 heterocycles. The average Bonchev–Trinajstić information content (AvgIpc) is 2.50. The van der Waals surface area contributed by atoms with Gasteiger partial charge in [-0.15, -0.1) is 0 Å². The summed E-state index contributed by atoms with van der Waals surface area (Å²) < 4.78 is 0. The van der Waals surface area contributed by atoms with Crippen LogP contribution in [0.15, 0.2) is 0 Å². The van der Waals surface area contributed by atoms with Crippen molar-refractivity contribution >= 4 is 11.8 Å². The van der Waals surface area contributed by atoms with Crippen molar-refractivity contribution in [2.24, 2.45) is 5.92 Å². The van der Waals surface area contributed by atoms with Crippen LogP contribution in [0.1, 0.15) is 12.8 Å². The van der Waals surface area contributed by atoms with Crippen LogP contribution in [0.5, 0.6) is 0 Å². The van der Waals surface area contributed by atoms with E-state index in [1.807, 2.05) is 11.8 Å². The van der Waals surface area contributed by atoms with Gasteiger partial charge < -0.3 is 10.4 Å². The Morgan fingerprint density at radius 3 is 3.00 bits per heavy atom. The Morgan fingerprint density at radius 2 is 2.36 bits per heavy atom. The molecule has 1 aliphatic rings. The monoisotopic (exact) mass is 175 g/mol. The highest BCUT2D eigenvalue weighted by atomic mass is 32.2. The number of hydrogen-bond acceptors (Lipinski definition) is 3. The van der Waals surface area contributed by atoms with E-state index in [1.165, 1.54) is 31.7 Å². The third-order valence-corrected chi connectivity index (χ3v) is 3.06. The van der Waals surface area contributed by atoms with Gasteiger partial charge in [-0.2, -0.15) is 11.8 Å². The third-order valence-electron chi connectivity index (χ3n) is 2.07. The molecule has 0 aromatic heterocycles. The minimum absolute atomic E-state index is 0.327. The summed E-state index contributed by atoms with van der Waals surface area (Å²) in [6.45, 7) is 2.74. The Bertz CT molecular complexity index is 94.1. The van der Waals surface area contributed by atoms with E-state index in [0.29, 0.717) is 6.61 Å². The molecule has 0 spiro atoms. The lowest BCUT2D eigenvalue weighted by Crippen LogP contribution is -2.09. The fourth-order valence-corrected chi connectivity index (χ4v) is 2.21. The zero-order valence-corrected chi connectivity index (χ0v) is 7.70. The number of nitrogens with one attached hydrogen (secondary N) is 1. The smallest absolute Gasteiger partial charge is 0.0521 e. The first-order valence-corrected chi connectivity index (χ1v) is 5.48. The molecule has 66 valence electrons. The molecule has 11 heavy (non-hydrogen) atoms. The average molecular weight is 175 g/mol. The van der Waals surface area contributed by atoms with Crippen LogP contribution in [-0.4, -0.2) is 36.3 Å². The molecule has 1 fully saturated rings. The predicted molar refractivity (Wildman–Crippen MR) is 50.0 cm³/mol. The van der Waals surface area contributed by atoms with Crippen LogP contribution in [0.3, 0.4) is 0 Å². The van der Waals surface area contributed by atoms with Crippen molar-refractivity contribution in [3.05, 3.63) is 0 Å². The van der Waals surface area contributed by atoms with Crippen molar-refractivity contribution < 1.29 is 5.11 Å². The molecule has 0 aromatic rings. The predicted octanol–water partition coefficient (Wildman–Crippen LogP) is 0.711. The summed E-state index contributed by atoms with van der Waals surface area (Å²) in [7, 11) is 0. The molecule has 0 bridgehead atoms. The number of aliphatic hydroxyl groups excluding tert-OH is 1. The van der Waals surface area contributed by atoms with Crippen LogP contribution in [0.4, 0.5) is 0 Å². The number of aliphatic hydroxyl groups is 1. The minimum atomic E-state index is 0.327. The quantitative estimate of drug-likeness (QED) is 0.604. The van der Waals surface area contributed by atoms with E-state index >= 15 is 0 Å². The van der Waals surface area contributed by atoms with Crippen LogP contribution >= 0.6 is 11.8 Å². The molecule has 0 saturated carbocycles. The Balaban J connectivity index is 1.86. The topological polar surface area (TPSA) is 32.3 Å². The first-order chi connectivity index (χ1) is 5.43. The first-order valence-electron chi connectivity index (χ1n) is 4.33. The fraction of sp³-hybridized carbons (Fsp3) is 1.00. The molecular formula is C8H17NOS. The van der Waals surface area contributed by atoms with Gasteiger partial charge in [-0.05, 0) is 37.6 Å². The number of hydrogen-bond donors (Lipinski definition) is 2. The van der Waals surface area contributed by atoms with Crippen LogP contribution < -0.4 is 5.32 Å². The van der Waals surface area contributed by atoms with Crippen molar-refractivity contribution in [2.75, 3.05) is 31.2 Å². The second-order valence-electron chi connectivity index (χ2n) is 2.98. The zero-order chi connectivity index (χ0) is 7.94. The second-order valence-corrected chi connectivity index (χ2v) is 4.21. The molecule has 1 saturated heterocycles. The highest BCUT2D eigenvalue weighted by Gasteiger charge is 2.12. The van der Waals surface area contributed by atoms with Gasteiger partial charge in [0.1, 0.15) is 0 Å². The Kier molecular flexibility index (Phi) is 4.99. The first kappa shape index (κ1) is 9.36. The molecule has 2 N–H and O–H groups in total. The molecular weight excluding hydrogens is 158 g/mol. The van der Waals surface area contributed by atoms with Gasteiger partial charge in [-0.1, -0.05) is 0 Å². The van der Waals surface area contributed by atoms with Gasteiger partial charge >= 0.3 is 0 Å². The molecule has 0 aliphatic carbocycles. The van der Waals surface area contributed by atoms with Gasteiger partial charge in [0.25, 0.3) is 0 Å². The van der Waals surface area contributed by atoms with E-state index in [9.17, 15) is 0 Å². The Labute approximate surface area is 72.8 Å². The van der Waals surface area contributed by atoms with Gasteiger partial charge in [0.15, 0.2) is 0 Å². The van der Waals surface area contributed by atoms with Crippen molar-refractivity contribution in [3.8, 4) is 0 Å². The van der Waals surface area contributed by atoms with E-state index in [1.54, 1.807) is 0 Å². The lowest BCUT2D eigenvalue weighted by Gasteiger charge is -2.05.